The fraction of sp³-hybridized carbons (Fsp3) is 0.200. The highest BCUT2D eigenvalue weighted by Gasteiger charge is 2.56. The van der Waals surface area contributed by atoms with Gasteiger partial charge in [-0.3, -0.25) is 9.59 Å². The monoisotopic (exact) mass is 288 g/mol. The molecule has 0 saturated heterocycles. The van der Waals surface area contributed by atoms with E-state index in [9.17, 15) is 9.59 Å². The largest absolute Gasteiger partial charge is 0.292 e. The lowest BCUT2D eigenvalue weighted by Crippen LogP contribution is -2.40. The van der Waals surface area contributed by atoms with Crippen LogP contribution in [0.5, 0.6) is 0 Å². The Morgan fingerprint density at radius 3 is 1.91 bits per heavy atom. The summed E-state index contributed by atoms with van der Waals surface area (Å²) in [6.45, 7) is 0. The summed E-state index contributed by atoms with van der Waals surface area (Å²) >= 11 is 0. The maximum absolute atomic E-state index is 13.3. The highest BCUT2D eigenvalue weighted by molar-refractivity contribution is 6.35. The Morgan fingerprint density at radius 1 is 0.773 bits per heavy atom. The van der Waals surface area contributed by atoms with Crippen LogP contribution in [-0.4, -0.2) is 11.6 Å². The maximum Gasteiger partial charge on any atom is 0.186 e. The van der Waals surface area contributed by atoms with Gasteiger partial charge in [-0.25, -0.2) is 0 Å². The fourth-order valence-corrected chi connectivity index (χ4v) is 3.83. The second-order valence-corrected chi connectivity index (χ2v) is 5.94. The van der Waals surface area contributed by atoms with Crippen LogP contribution in [-0.2, 0) is 5.41 Å². The molecular formula is C20H16O2. The number of rotatable bonds is 2. The third kappa shape index (κ3) is 1.55. The maximum atomic E-state index is 13.3. The van der Waals surface area contributed by atoms with Gasteiger partial charge in [0, 0.05) is 11.1 Å². The topological polar surface area (TPSA) is 34.1 Å². The molecule has 108 valence electrons. The molecule has 0 spiro atoms. The molecule has 2 aromatic carbocycles. The van der Waals surface area contributed by atoms with E-state index in [0.717, 1.165) is 30.4 Å². The molecule has 0 unspecified atom stereocenters. The first-order valence-electron chi connectivity index (χ1n) is 7.70. The number of allylic oxidation sites excluding steroid dienone is 2. The predicted molar refractivity (Wildman–Crippen MR) is 85.2 cm³/mol. The lowest BCUT2D eigenvalue weighted by atomic mass is 9.70. The van der Waals surface area contributed by atoms with Crippen molar-refractivity contribution in [1.29, 1.82) is 0 Å². The van der Waals surface area contributed by atoms with Crippen molar-refractivity contribution in [2.45, 2.75) is 24.7 Å². The van der Waals surface area contributed by atoms with Crippen molar-refractivity contribution in [3.63, 3.8) is 0 Å². The zero-order chi connectivity index (χ0) is 15.2. The Kier molecular flexibility index (Phi) is 2.86. The van der Waals surface area contributed by atoms with E-state index in [0.29, 0.717) is 11.1 Å². The van der Waals surface area contributed by atoms with Crippen LogP contribution in [0, 0.1) is 0 Å². The average molecular weight is 288 g/mol. The smallest absolute Gasteiger partial charge is 0.186 e. The quantitative estimate of drug-likeness (QED) is 0.615. The van der Waals surface area contributed by atoms with E-state index in [1.54, 1.807) is 12.1 Å². The minimum atomic E-state index is -1.12. The number of hydrogen-bond acceptors (Lipinski definition) is 2. The van der Waals surface area contributed by atoms with Gasteiger partial charge in [0.05, 0.1) is 0 Å². The van der Waals surface area contributed by atoms with Crippen molar-refractivity contribution in [3.8, 4) is 0 Å². The molecule has 22 heavy (non-hydrogen) atoms. The van der Waals surface area contributed by atoms with Crippen molar-refractivity contribution in [1.82, 2.24) is 0 Å². The Morgan fingerprint density at radius 2 is 1.36 bits per heavy atom. The van der Waals surface area contributed by atoms with Crippen LogP contribution in [0.1, 0.15) is 45.5 Å². The molecule has 0 N–H and O–H groups in total. The Bertz CT molecular complexity index is 764. The van der Waals surface area contributed by atoms with E-state index in [4.69, 9.17) is 0 Å². The molecule has 0 radical (unpaired) electrons. The normalized spacial score (nSPS) is 19.2. The van der Waals surface area contributed by atoms with Crippen molar-refractivity contribution in [2.75, 3.05) is 0 Å². The molecule has 2 heteroatoms. The van der Waals surface area contributed by atoms with Gasteiger partial charge in [-0.05, 0) is 30.4 Å². The lowest BCUT2D eigenvalue weighted by molar-refractivity contribution is 0.0824. The van der Waals surface area contributed by atoms with Crippen LogP contribution in [0.2, 0.25) is 0 Å². The first kappa shape index (κ1) is 13.2. The van der Waals surface area contributed by atoms with E-state index >= 15 is 0 Å². The summed E-state index contributed by atoms with van der Waals surface area (Å²) in [4.78, 5) is 26.5. The molecule has 0 heterocycles. The number of carbonyl (C=O) groups is 2. The van der Waals surface area contributed by atoms with Crippen molar-refractivity contribution in [3.05, 3.63) is 82.9 Å². The second kappa shape index (κ2) is 4.77. The summed E-state index contributed by atoms with van der Waals surface area (Å²) in [6, 6.07) is 16.7. The van der Waals surface area contributed by atoms with Crippen LogP contribution >= 0.6 is 0 Å². The first-order chi connectivity index (χ1) is 10.8. The van der Waals surface area contributed by atoms with Gasteiger partial charge in [0.2, 0.25) is 0 Å². The Labute approximate surface area is 129 Å². The zero-order valence-corrected chi connectivity index (χ0v) is 12.2. The summed E-state index contributed by atoms with van der Waals surface area (Å²) < 4.78 is 0. The molecule has 0 atom stereocenters. The molecule has 0 fully saturated rings. The molecule has 0 aliphatic heterocycles. The van der Waals surface area contributed by atoms with Crippen LogP contribution in [0.15, 0.2) is 66.2 Å². The molecular weight excluding hydrogens is 272 g/mol. The third-order valence-corrected chi connectivity index (χ3v) is 4.83. The summed E-state index contributed by atoms with van der Waals surface area (Å²) in [5.74, 6) is -0.125. The molecule has 4 rings (SSSR count). The minimum Gasteiger partial charge on any atom is -0.292 e. The number of Topliss-reactive ketones (excluding diaryl/α,β-unsaturated/α-hetero) is 2. The van der Waals surface area contributed by atoms with Gasteiger partial charge in [0.15, 0.2) is 11.6 Å². The van der Waals surface area contributed by atoms with Crippen LogP contribution in [0.4, 0.5) is 0 Å². The number of benzene rings is 2. The minimum absolute atomic E-state index is 0.0625. The number of carbonyl (C=O) groups excluding carboxylic acids is 2. The Balaban J connectivity index is 2.02. The predicted octanol–water partition coefficient (Wildman–Crippen LogP) is 4.11. The zero-order valence-electron chi connectivity index (χ0n) is 12.2. The van der Waals surface area contributed by atoms with Gasteiger partial charge in [0.1, 0.15) is 5.41 Å². The molecule has 0 amide bonds. The summed E-state index contributed by atoms with van der Waals surface area (Å²) in [5.41, 5.74) is 1.77. The number of hydrogen-bond donors (Lipinski definition) is 0. The van der Waals surface area contributed by atoms with Crippen molar-refractivity contribution in [2.24, 2.45) is 0 Å². The lowest BCUT2D eigenvalue weighted by Gasteiger charge is -2.28. The summed E-state index contributed by atoms with van der Waals surface area (Å²) in [5, 5.41) is 0. The van der Waals surface area contributed by atoms with Gasteiger partial charge in [0.25, 0.3) is 0 Å². The van der Waals surface area contributed by atoms with Gasteiger partial charge >= 0.3 is 0 Å². The molecule has 2 nitrogen and oxygen atoms in total. The highest BCUT2D eigenvalue weighted by Crippen LogP contribution is 2.47. The molecule has 2 aliphatic carbocycles. The van der Waals surface area contributed by atoms with E-state index in [1.807, 2.05) is 42.5 Å². The molecule has 2 aliphatic rings. The van der Waals surface area contributed by atoms with Gasteiger partial charge in [-0.1, -0.05) is 60.7 Å². The summed E-state index contributed by atoms with van der Waals surface area (Å²) in [7, 11) is 0. The average Bonchev–Trinajstić information content (AvgIpc) is 3.17. The van der Waals surface area contributed by atoms with Crippen LogP contribution in [0.3, 0.4) is 0 Å². The van der Waals surface area contributed by atoms with Gasteiger partial charge in [-0.2, -0.15) is 0 Å². The highest BCUT2D eigenvalue weighted by atomic mass is 16.2. The molecule has 0 bridgehead atoms. The van der Waals surface area contributed by atoms with E-state index in [1.165, 1.54) is 0 Å². The van der Waals surface area contributed by atoms with Gasteiger partial charge < -0.3 is 0 Å². The SMILES string of the molecule is O=C1c2ccccc2C(=O)C1(C1=CCCC1)c1ccccc1. The Hall–Kier alpha value is -2.48. The number of ketones is 2. The molecule has 2 aromatic rings. The van der Waals surface area contributed by atoms with Crippen LogP contribution in [0.25, 0.3) is 0 Å². The van der Waals surface area contributed by atoms with E-state index in [-0.39, 0.29) is 11.6 Å². The summed E-state index contributed by atoms with van der Waals surface area (Å²) in [6.07, 6.45) is 4.87. The third-order valence-electron chi connectivity index (χ3n) is 4.83. The molecule has 0 aromatic heterocycles. The van der Waals surface area contributed by atoms with Crippen molar-refractivity contribution >= 4 is 11.6 Å². The first-order valence-corrected chi connectivity index (χ1v) is 7.70. The van der Waals surface area contributed by atoms with E-state index in [2.05, 4.69) is 6.08 Å². The number of fused-ring (bicyclic) bond motifs is 1. The second-order valence-electron chi connectivity index (χ2n) is 5.94. The van der Waals surface area contributed by atoms with E-state index < -0.39 is 5.41 Å². The van der Waals surface area contributed by atoms with Gasteiger partial charge in [-0.15, -0.1) is 0 Å². The van der Waals surface area contributed by atoms with Crippen molar-refractivity contribution < 1.29 is 9.59 Å². The molecule has 0 saturated carbocycles. The standard InChI is InChI=1S/C20H16O2/c21-18-16-12-6-7-13-17(16)19(22)20(18,15-10-4-5-11-15)14-8-2-1-3-9-14/h1-3,6-10,12-13H,4-5,11H2. The fourth-order valence-electron chi connectivity index (χ4n) is 3.83. The van der Waals surface area contributed by atoms with Crippen LogP contribution < -0.4 is 0 Å².